The lowest BCUT2D eigenvalue weighted by Gasteiger charge is -2.27. The van der Waals surface area contributed by atoms with Crippen LogP contribution in [-0.4, -0.2) is 29.3 Å². The molecule has 3 aromatic carbocycles. The number of methoxy groups -OCH3 is 1. The number of hydrogen-bond donors (Lipinski definition) is 1. The number of carboxylic acids is 1. The fourth-order valence-corrected chi connectivity index (χ4v) is 4.52. The highest BCUT2D eigenvalue weighted by molar-refractivity contribution is 5.89. The lowest BCUT2D eigenvalue weighted by atomic mass is 10.1. The monoisotopic (exact) mass is 466 g/mol. The fourth-order valence-electron chi connectivity index (χ4n) is 4.52. The number of anilines is 2. The standard InChI is InChI=1S/C29H26N2O4/c1-34-27-12-11-25(17-28(27)35-26-15-21-7-2-3-8-22(21)16-26)31(19-20-6-5-13-30-18-20)24-10-4-9-23(14-24)29(32)33/h2-14,17-18,26H,15-16,19H2,1H3,(H,32,33). The van der Waals surface area contributed by atoms with Gasteiger partial charge in [0, 0.05) is 49.2 Å². The summed E-state index contributed by atoms with van der Waals surface area (Å²) >= 11 is 0. The number of pyridine rings is 1. The van der Waals surface area contributed by atoms with Gasteiger partial charge in [-0.2, -0.15) is 0 Å². The second kappa shape index (κ2) is 9.89. The molecule has 1 heterocycles. The molecule has 1 N–H and O–H groups in total. The van der Waals surface area contributed by atoms with Crippen LogP contribution in [-0.2, 0) is 19.4 Å². The zero-order chi connectivity index (χ0) is 24.2. The van der Waals surface area contributed by atoms with Gasteiger partial charge in [0.05, 0.1) is 12.7 Å². The van der Waals surface area contributed by atoms with Crippen LogP contribution in [0.5, 0.6) is 11.5 Å². The first-order valence-corrected chi connectivity index (χ1v) is 11.5. The van der Waals surface area contributed by atoms with Crippen molar-refractivity contribution in [3.05, 3.63) is 114 Å². The van der Waals surface area contributed by atoms with Crippen molar-refractivity contribution in [3.63, 3.8) is 0 Å². The lowest BCUT2D eigenvalue weighted by molar-refractivity contribution is 0.0697. The average molecular weight is 467 g/mol. The van der Waals surface area contributed by atoms with E-state index in [1.54, 1.807) is 31.5 Å². The van der Waals surface area contributed by atoms with Gasteiger partial charge >= 0.3 is 5.97 Å². The second-order valence-electron chi connectivity index (χ2n) is 8.55. The number of aromatic carboxylic acids is 1. The molecular formula is C29H26N2O4. The first-order chi connectivity index (χ1) is 17.1. The Kier molecular flexibility index (Phi) is 6.35. The summed E-state index contributed by atoms with van der Waals surface area (Å²) in [6, 6.07) is 25.1. The first kappa shape index (κ1) is 22.5. The maximum absolute atomic E-state index is 11.6. The highest BCUT2D eigenvalue weighted by Gasteiger charge is 2.24. The summed E-state index contributed by atoms with van der Waals surface area (Å²) in [7, 11) is 1.63. The van der Waals surface area contributed by atoms with E-state index >= 15 is 0 Å². The van der Waals surface area contributed by atoms with Gasteiger partial charge in [0.1, 0.15) is 6.10 Å². The molecule has 0 saturated carbocycles. The Morgan fingerprint density at radius 2 is 1.71 bits per heavy atom. The van der Waals surface area contributed by atoms with Crippen molar-refractivity contribution >= 4 is 17.3 Å². The number of fused-ring (bicyclic) bond motifs is 1. The number of ether oxygens (including phenoxy) is 2. The van der Waals surface area contributed by atoms with Gasteiger partial charge in [0.2, 0.25) is 0 Å². The van der Waals surface area contributed by atoms with E-state index in [0.717, 1.165) is 29.8 Å². The van der Waals surface area contributed by atoms with Crippen molar-refractivity contribution in [2.75, 3.05) is 12.0 Å². The Balaban J connectivity index is 1.50. The summed E-state index contributed by atoms with van der Waals surface area (Å²) in [5, 5.41) is 9.53. The first-order valence-electron chi connectivity index (χ1n) is 11.5. The lowest BCUT2D eigenvalue weighted by Crippen LogP contribution is -2.19. The summed E-state index contributed by atoms with van der Waals surface area (Å²) in [5.41, 5.74) is 5.48. The van der Waals surface area contributed by atoms with Gasteiger partial charge in [-0.25, -0.2) is 4.79 Å². The average Bonchev–Trinajstić information content (AvgIpc) is 3.30. The van der Waals surface area contributed by atoms with E-state index in [-0.39, 0.29) is 11.7 Å². The normalized spacial score (nSPS) is 12.7. The van der Waals surface area contributed by atoms with E-state index in [0.29, 0.717) is 18.0 Å². The van der Waals surface area contributed by atoms with Gasteiger partial charge in [-0.05, 0) is 53.1 Å². The molecule has 35 heavy (non-hydrogen) atoms. The molecule has 0 fully saturated rings. The molecule has 4 aromatic rings. The van der Waals surface area contributed by atoms with Crippen LogP contribution in [0.15, 0.2) is 91.3 Å². The van der Waals surface area contributed by atoms with Gasteiger partial charge in [-0.3, -0.25) is 4.98 Å². The third kappa shape index (κ3) is 4.96. The predicted octanol–water partition coefficient (Wildman–Crippen LogP) is 5.67. The van der Waals surface area contributed by atoms with Crippen molar-refractivity contribution in [3.8, 4) is 11.5 Å². The fraction of sp³-hybridized carbons (Fsp3) is 0.172. The number of hydrogen-bond acceptors (Lipinski definition) is 5. The van der Waals surface area contributed by atoms with E-state index in [1.165, 1.54) is 11.1 Å². The van der Waals surface area contributed by atoms with E-state index in [2.05, 4.69) is 34.1 Å². The van der Waals surface area contributed by atoms with Gasteiger partial charge < -0.3 is 19.5 Å². The molecule has 5 rings (SSSR count). The predicted molar refractivity (Wildman–Crippen MR) is 135 cm³/mol. The van der Waals surface area contributed by atoms with E-state index in [9.17, 15) is 9.90 Å². The molecule has 176 valence electrons. The van der Waals surface area contributed by atoms with Crippen LogP contribution < -0.4 is 14.4 Å². The van der Waals surface area contributed by atoms with Crippen LogP contribution in [0, 0.1) is 0 Å². The van der Waals surface area contributed by atoms with Crippen molar-refractivity contribution in [1.82, 2.24) is 4.98 Å². The molecule has 1 aliphatic carbocycles. The summed E-state index contributed by atoms with van der Waals surface area (Å²) < 4.78 is 12.1. The highest BCUT2D eigenvalue weighted by Crippen LogP contribution is 2.38. The number of nitrogens with zero attached hydrogens (tertiary/aromatic N) is 2. The third-order valence-electron chi connectivity index (χ3n) is 6.23. The number of carbonyl (C=O) groups is 1. The van der Waals surface area contributed by atoms with Crippen molar-refractivity contribution < 1.29 is 19.4 Å². The van der Waals surface area contributed by atoms with Gasteiger partial charge in [-0.1, -0.05) is 36.4 Å². The third-order valence-corrected chi connectivity index (χ3v) is 6.23. The van der Waals surface area contributed by atoms with Gasteiger partial charge in [-0.15, -0.1) is 0 Å². The van der Waals surface area contributed by atoms with Crippen LogP contribution in [0.25, 0.3) is 0 Å². The molecule has 0 spiro atoms. The van der Waals surface area contributed by atoms with Crippen LogP contribution in [0.2, 0.25) is 0 Å². The molecule has 6 nitrogen and oxygen atoms in total. The Labute approximate surface area is 204 Å². The van der Waals surface area contributed by atoms with Crippen molar-refractivity contribution in [1.29, 1.82) is 0 Å². The van der Waals surface area contributed by atoms with Crippen LogP contribution in [0.1, 0.15) is 27.0 Å². The number of rotatable bonds is 8. The molecule has 6 heteroatoms. The molecule has 0 bridgehead atoms. The molecule has 1 aliphatic rings. The van der Waals surface area contributed by atoms with E-state index < -0.39 is 5.97 Å². The molecule has 0 atom stereocenters. The summed E-state index contributed by atoms with van der Waals surface area (Å²) in [6.07, 6.45) is 5.27. The summed E-state index contributed by atoms with van der Waals surface area (Å²) in [5.74, 6) is 0.353. The quantitative estimate of drug-likeness (QED) is 0.361. The van der Waals surface area contributed by atoms with Crippen LogP contribution in [0.4, 0.5) is 11.4 Å². The largest absolute Gasteiger partial charge is 0.493 e. The Hall–Kier alpha value is -4.32. The molecule has 0 radical (unpaired) electrons. The molecule has 0 amide bonds. The van der Waals surface area contributed by atoms with E-state index in [4.69, 9.17) is 9.47 Å². The Bertz CT molecular complexity index is 1310. The number of benzene rings is 3. The second-order valence-corrected chi connectivity index (χ2v) is 8.55. The highest BCUT2D eigenvalue weighted by atomic mass is 16.5. The van der Waals surface area contributed by atoms with Crippen LogP contribution in [0.3, 0.4) is 0 Å². The maximum atomic E-state index is 11.6. The van der Waals surface area contributed by atoms with Crippen molar-refractivity contribution in [2.24, 2.45) is 0 Å². The topological polar surface area (TPSA) is 71.9 Å². The zero-order valence-electron chi connectivity index (χ0n) is 19.4. The van der Waals surface area contributed by atoms with Gasteiger partial charge in [0.25, 0.3) is 0 Å². The smallest absolute Gasteiger partial charge is 0.335 e. The minimum absolute atomic E-state index is 0.0265. The van der Waals surface area contributed by atoms with Crippen molar-refractivity contribution in [2.45, 2.75) is 25.5 Å². The number of carboxylic acid groups (broad SMARTS) is 1. The maximum Gasteiger partial charge on any atom is 0.335 e. The Morgan fingerprint density at radius 1 is 0.943 bits per heavy atom. The minimum atomic E-state index is -0.965. The molecule has 0 aliphatic heterocycles. The summed E-state index contributed by atoms with van der Waals surface area (Å²) in [6.45, 7) is 0.511. The minimum Gasteiger partial charge on any atom is -0.493 e. The Morgan fingerprint density at radius 3 is 2.40 bits per heavy atom. The van der Waals surface area contributed by atoms with E-state index in [1.807, 2.05) is 42.6 Å². The SMILES string of the molecule is COc1ccc(N(Cc2cccnc2)c2cccc(C(=O)O)c2)cc1OC1Cc2ccccc2C1. The number of aromatic nitrogens is 1. The molecular weight excluding hydrogens is 440 g/mol. The molecule has 1 aromatic heterocycles. The molecule has 0 unspecified atom stereocenters. The van der Waals surface area contributed by atoms with Crippen LogP contribution >= 0.6 is 0 Å². The van der Waals surface area contributed by atoms with Gasteiger partial charge in [0.15, 0.2) is 11.5 Å². The molecule has 0 saturated heterocycles. The zero-order valence-corrected chi connectivity index (χ0v) is 19.4. The summed E-state index contributed by atoms with van der Waals surface area (Å²) in [4.78, 5) is 17.9.